The van der Waals surface area contributed by atoms with Gasteiger partial charge in [0.1, 0.15) is 11.4 Å². The lowest BCUT2D eigenvalue weighted by Crippen LogP contribution is -2.25. The highest BCUT2D eigenvalue weighted by atomic mass is 16.5. The van der Waals surface area contributed by atoms with Crippen LogP contribution in [0.15, 0.2) is 18.2 Å². The topological polar surface area (TPSA) is 29.5 Å². The molecule has 0 saturated heterocycles. The zero-order chi connectivity index (χ0) is 13.2. The molecule has 0 aromatic heterocycles. The van der Waals surface area contributed by atoms with Crippen molar-refractivity contribution < 1.29 is 9.84 Å². The fourth-order valence-electron chi connectivity index (χ4n) is 2.45. The van der Waals surface area contributed by atoms with Crippen molar-refractivity contribution in [2.24, 2.45) is 0 Å². The van der Waals surface area contributed by atoms with Crippen molar-refractivity contribution >= 4 is 0 Å². The Bertz CT molecular complexity index is 468. The van der Waals surface area contributed by atoms with Crippen LogP contribution in [0.1, 0.15) is 50.3 Å². The second-order valence-electron chi connectivity index (χ2n) is 5.49. The zero-order valence-corrected chi connectivity index (χ0v) is 11.1. The summed E-state index contributed by atoms with van der Waals surface area (Å²) in [5.74, 6) is 3.47. The van der Waals surface area contributed by atoms with Gasteiger partial charge >= 0.3 is 0 Å². The second kappa shape index (κ2) is 5.04. The van der Waals surface area contributed by atoms with Gasteiger partial charge in [0.15, 0.2) is 0 Å². The Kier molecular flexibility index (Phi) is 3.63. The average molecular weight is 244 g/mol. The first kappa shape index (κ1) is 13.0. The van der Waals surface area contributed by atoms with Crippen LogP contribution < -0.4 is 4.74 Å². The summed E-state index contributed by atoms with van der Waals surface area (Å²) in [6.45, 7) is 4.14. The smallest absolute Gasteiger partial charge is 0.129 e. The van der Waals surface area contributed by atoms with E-state index in [4.69, 9.17) is 11.2 Å². The van der Waals surface area contributed by atoms with E-state index in [0.717, 1.165) is 24.2 Å². The fourth-order valence-corrected chi connectivity index (χ4v) is 2.45. The van der Waals surface area contributed by atoms with Crippen LogP contribution in [-0.2, 0) is 6.42 Å². The summed E-state index contributed by atoms with van der Waals surface area (Å²) < 4.78 is 5.95. The normalized spacial score (nSPS) is 17.7. The molecule has 0 spiro atoms. The van der Waals surface area contributed by atoms with E-state index in [1.54, 1.807) is 0 Å². The number of para-hydroxylation sites is 1. The predicted octanol–water partition coefficient (Wildman–Crippen LogP) is 3.24. The molecule has 0 aliphatic carbocycles. The van der Waals surface area contributed by atoms with Crippen molar-refractivity contribution in [1.82, 2.24) is 0 Å². The predicted molar refractivity (Wildman–Crippen MR) is 72.5 cm³/mol. The van der Waals surface area contributed by atoms with E-state index in [1.807, 2.05) is 12.1 Å². The van der Waals surface area contributed by atoms with Crippen molar-refractivity contribution in [3.05, 3.63) is 29.3 Å². The molecule has 18 heavy (non-hydrogen) atoms. The highest BCUT2D eigenvalue weighted by molar-refractivity contribution is 5.46. The van der Waals surface area contributed by atoms with Gasteiger partial charge in [0.2, 0.25) is 0 Å². The summed E-state index contributed by atoms with van der Waals surface area (Å²) in [5, 5.41) is 10.2. The fraction of sp³-hybridized carbons (Fsp3) is 0.500. The molecule has 0 bridgehead atoms. The van der Waals surface area contributed by atoms with Crippen LogP contribution in [0.4, 0.5) is 0 Å². The molecule has 2 rings (SSSR count). The van der Waals surface area contributed by atoms with Crippen LogP contribution in [0.25, 0.3) is 0 Å². The molecule has 1 heterocycles. The lowest BCUT2D eigenvalue weighted by molar-refractivity contribution is 0.123. The molecule has 1 atom stereocenters. The van der Waals surface area contributed by atoms with E-state index in [-0.39, 0.29) is 5.60 Å². The zero-order valence-electron chi connectivity index (χ0n) is 11.1. The maximum absolute atomic E-state index is 10.2. The van der Waals surface area contributed by atoms with Crippen LogP contribution in [0.3, 0.4) is 0 Å². The van der Waals surface area contributed by atoms with Gasteiger partial charge in [0.25, 0.3) is 0 Å². The number of benzene rings is 1. The van der Waals surface area contributed by atoms with Gasteiger partial charge in [-0.25, -0.2) is 0 Å². The number of aliphatic hydroxyl groups excluding tert-OH is 1. The van der Waals surface area contributed by atoms with Crippen LogP contribution in [0, 0.1) is 12.3 Å². The van der Waals surface area contributed by atoms with Gasteiger partial charge in [0.05, 0.1) is 6.10 Å². The number of terminal acetylenes is 1. The monoisotopic (exact) mass is 244 g/mol. The molecule has 0 radical (unpaired) electrons. The van der Waals surface area contributed by atoms with Gasteiger partial charge < -0.3 is 9.84 Å². The quantitative estimate of drug-likeness (QED) is 0.651. The number of hydrogen-bond acceptors (Lipinski definition) is 2. The largest absolute Gasteiger partial charge is 0.487 e. The molecular formula is C16H20O2. The van der Waals surface area contributed by atoms with E-state index in [2.05, 4.69) is 25.8 Å². The van der Waals surface area contributed by atoms with Gasteiger partial charge in [-0.1, -0.05) is 18.2 Å². The Morgan fingerprint density at radius 2 is 2.28 bits per heavy atom. The van der Waals surface area contributed by atoms with E-state index >= 15 is 0 Å². The van der Waals surface area contributed by atoms with Crippen LogP contribution in [0.5, 0.6) is 5.75 Å². The van der Waals surface area contributed by atoms with Gasteiger partial charge in [0, 0.05) is 18.4 Å². The Morgan fingerprint density at radius 1 is 1.50 bits per heavy atom. The van der Waals surface area contributed by atoms with E-state index in [0.29, 0.717) is 12.8 Å². The first-order chi connectivity index (χ1) is 8.53. The van der Waals surface area contributed by atoms with Crippen molar-refractivity contribution in [2.45, 2.75) is 51.2 Å². The third-order valence-corrected chi connectivity index (χ3v) is 3.28. The maximum atomic E-state index is 10.2. The van der Waals surface area contributed by atoms with Gasteiger partial charge in [-0.15, -0.1) is 12.3 Å². The maximum Gasteiger partial charge on any atom is 0.129 e. The molecule has 96 valence electrons. The van der Waals surface area contributed by atoms with Crippen molar-refractivity contribution in [3.8, 4) is 18.1 Å². The average Bonchev–Trinajstić information content (AvgIpc) is 2.62. The molecule has 1 aliphatic rings. The number of rotatable bonds is 4. The van der Waals surface area contributed by atoms with Crippen molar-refractivity contribution in [3.63, 3.8) is 0 Å². The minimum atomic E-state index is -0.484. The molecule has 1 unspecified atom stereocenters. The number of aliphatic hydroxyl groups is 1. The molecule has 0 saturated carbocycles. The molecule has 1 aliphatic heterocycles. The van der Waals surface area contributed by atoms with E-state index < -0.39 is 6.10 Å². The summed E-state index contributed by atoms with van der Waals surface area (Å²) in [5.41, 5.74) is 1.92. The number of ether oxygens (including phenoxy) is 1. The van der Waals surface area contributed by atoms with E-state index in [9.17, 15) is 5.11 Å². The van der Waals surface area contributed by atoms with Gasteiger partial charge in [-0.3, -0.25) is 0 Å². The Hall–Kier alpha value is -1.46. The SMILES string of the molecule is C#CCCCC(O)c1cccc2c1OC(C)(C)C2. The standard InChI is InChI=1S/C16H20O2/c1-4-5-6-10-14(17)13-9-7-8-12-11-16(2,3)18-15(12)13/h1,7-9,14,17H,5-6,10-11H2,2-3H3. The molecule has 0 fully saturated rings. The summed E-state index contributed by atoms with van der Waals surface area (Å²) in [6.07, 6.45) is 7.86. The lowest BCUT2D eigenvalue weighted by Gasteiger charge is -2.19. The number of unbranched alkanes of at least 4 members (excludes halogenated alkanes) is 1. The number of fused-ring (bicyclic) bond motifs is 1. The molecule has 1 aromatic rings. The second-order valence-corrected chi connectivity index (χ2v) is 5.49. The molecule has 2 heteroatoms. The van der Waals surface area contributed by atoms with Gasteiger partial charge in [-0.2, -0.15) is 0 Å². The first-order valence-corrected chi connectivity index (χ1v) is 6.46. The first-order valence-electron chi connectivity index (χ1n) is 6.46. The highest BCUT2D eigenvalue weighted by Gasteiger charge is 2.32. The summed E-state index contributed by atoms with van der Waals surface area (Å²) in [4.78, 5) is 0. The Morgan fingerprint density at radius 3 is 3.00 bits per heavy atom. The van der Waals surface area contributed by atoms with Crippen LogP contribution >= 0.6 is 0 Å². The minimum absolute atomic E-state index is 0.170. The third kappa shape index (κ3) is 2.68. The van der Waals surface area contributed by atoms with Gasteiger partial charge in [-0.05, 0) is 32.3 Å². The summed E-state index contributed by atoms with van der Waals surface area (Å²) in [7, 11) is 0. The lowest BCUT2D eigenvalue weighted by atomic mass is 9.97. The number of hydrogen-bond donors (Lipinski definition) is 1. The Labute approximate surface area is 109 Å². The van der Waals surface area contributed by atoms with Crippen molar-refractivity contribution in [1.29, 1.82) is 0 Å². The minimum Gasteiger partial charge on any atom is -0.487 e. The molecule has 1 N–H and O–H groups in total. The Balaban J connectivity index is 2.16. The summed E-state index contributed by atoms with van der Waals surface area (Å²) in [6, 6.07) is 6.01. The van der Waals surface area contributed by atoms with E-state index in [1.165, 1.54) is 5.56 Å². The van der Waals surface area contributed by atoms with Crippen LogP contribution in [0.2, 0.25) is 0 Å². The van der Waals surface area contributed by atoms with Crippen LogP contribution in [-0.4, -0.2) is 10.7 Å². The van der Waals surface area contributed by atoms with Crippen molar-refractivity contribution in [2.75, 3.05) is 0 Å². The molecule has 2 nitrogen and oxygen atoms in total. The summed E-state index contributed by atoms with van der Waals surface area (Å²) >= 11 is 0. The third-order valence-electron chi connectivity index (χ3n) is 3.28. The highest BCUT2D eigenvalue weighted by Crippen LogP contribution is 2.40. The molecular weight excluding hydrogens is 224 g/mol. The molecule has 1 aromatic carbocycles. The molecule has 0 amide bonds.